The Morgan fingerprint density at radius 1 is 1.50 bits per heavy atom. The molecule has 7 nitrogen and oxygen atoms in total. The van der Waals surface area contributed by atoms with Crippen molar-refractivity contribution >= 4 is 23.3 Å². The van der Waals surface area contributed by atoms with Crippen molar-refractivity contribution in [1.29, 1.82) is 0 Å². The van der Waals surface area contributed by atoms with E-state index < -0.39 is 24.1 Å². The molecule has 0 saturated heterocycles. The lowest BCUT2D eigenvalue weighted by atomic mass is 10.2. The zero-order valence-corrected chi connectivity index (χ0v) is 8.97. The summed E-state index contributed by atoms with van der Waals surface area (Å²) >= 11 is 0.760. The molecule has 0 saturated carbocycles. The number of aliphatic hydroxyl groups is 2. The number of methoxy groups -OCH3 is 1. The number of thiazole rings is 1. The van der Waals surface area contributed by atoms with Gasteiger partial charge in [0.1, 0.15) is 16.0 Å². The van der Waals surface area contributed by atoms with Gasteiger partial charge >= 0.3 is 11.9 Å². The summed E-state index contributed by atoms with van der Waals surface area (Å²) < 4.78 is 4.41. The lowest BCUT2D eigenvalue weighted by Gasteiger charge is -2.10. The molecule has 16 heavy (non-hydrogen) atoms. The van der Waals surface area contributed by atoms with Gasteiger partial charge in [0.15, 0.2) is 6.10 Å². The van der Waals surface area contributed by atoms with Crippen LogP contribution in [0, 0.1) is 0 Å². The number of carboxylic acid groups (broad SMARTS) is 1. The van der Waals surface area contributed by atoms with Gasteiger partial charge in [-0.25, -0.2) is 14.6 Å². The van der Waals surface area contributed by atoms with Gasteiger partial charge in [-0.15, -0.1) is 11.3 Å². The molecule has 88 valence electrons. The maximum atomic E-state index is 11.0. The molecule has 2 unspecified atom stereocenters. The summed E-state index contributed by atoms with van der Waals surface area (Å²) in [5.41, 5.74) is 0. The zero-order valence-electron chi connectivity index (χ0n) is 8.15. The maximum absolute atomic E-state index is 11.0. The van der Waals surface area contributed by atoms with Crippen LogP contribution in [0.5, 0.6) is 0 Å². The standard InChI is InChI=1S/C8H9NO6S/c1-15-8(14)3-2-9-6(16-3)4(10)5(11)7(12)13/h2,4-5,10-11H,1H3,(H,12,13). The van der Waals surface area contributed by atoms with Gasteiger partial charge < -0.3 is 20.1 Å². The summed E-state index contributed by atoms with van der Waals surface area (Å²) in [6.45, 7) is 0. The first-order valence-corrected chi connectivity index (χ1v) is 4.92. The van der Waals surface area contributed by atoms with Crippen molar-refractivity contribution in [2.75, 3.05) is 7.11 Å². The third-order valence-corrected chi connectivity index (χ3v) is 2.76. The van der Waals surface area contributed by atoms with Gasteiger partial charge in [0, 0.05) is 0 Å². The minimum atomic E-state index is -1.98. The van der Waals surface area contributed by atoms with Gasteiger partial charge in [-0.1, -0.05) is 0 Å². The van der Waals surface area contributed by atoms with E-state index in [2.05, 4.69) is 9.72 Å². The van der Waals surface area contributed by atoms with E-state index in [1.54, 1.807) is 0 Å². The molecular weight excluding hydrogens is 238 g/mol. The van der Waals surface area contributed by atoms with Crippen LogP contribution in [0.1, 0.15) is 20.8 Å². The van der Waals surface area contributed by atoms with Gasteiger partial charge in [-0.05, 0) is 0 Å². The third-order valence-electron chi connectivity index (χ3n) is 1.72. The van der Waals surface area contributed by atoms with Gasteiger partial charge in [0.25, 0.3) is 0 Å². The van der Waals surface area contributed by atoms with Crippen molar-refractivity contribution in [2.24, 2.45) is 0 Å². The minimum Gasteiger partial charge on any atom is -0.479 e. The molecule has 1 aromatic rings. The molecule has 1 rings (SSSR count). The molecule has 0 radical (unpaired) electrons. The van der Waals surface area contributed by atoms with Crippen LogP contribution in [0.25, 0.3) is 0 Å². The summed E-state index contributed by atoms with van der Waals surface area (Å²) in [5.74, 6) is -2.21. The highest BCUT2D eigenvalue weighted by Crippen LogP contribution is 2.23. The van der Waals surface area contributed by atoms with E-state index in [0.717, 1.165) is 17.5 Å². The number of aliphatic hydroxyl groups excluding tert-OH is 2. The Morgan fingerprint density at radius 2 is 2.12 bits per heavy atom. The predicted octanol–water partition coefficient (Wildman–Crippen LogP) is -0.591. The number of aromatic nitrogens is 1. The Bertz CT molecular complexity index is 403. The summed E-state index contributed by atoms with van der Waals surface area (Å²) in [4.78, 5) is 25.2. The van der Waals surface area contributed by atoms with Crippen LogP contribution < -0.4 is 0 Å². The van der Waals surface area contributed by atoms with Crippen LogP contribution in [-0.4, -0.2) is 45.5 Å². The molecule has 0 aromatic carbocycles. The summed E-state index contributed by atoms with van der Waals surface area (Å²) in [6, 6.07) is 0. The maximum Gasteiger partial charge on any atom is 0.349 e. The Kier molecular flexibility index (Phi) is 3.93. The van der Waals surface area contributed by atoms with Gasteiger partial charge in [0.05, 0.1) is 13.3 Å². The normalized spacial score (nSPS) is 14.2. The van der Waals surface area contributed by atoms with E-state index in [4.69, 9.17) is 10.2 Å². The van der Waals surface area contributed by atoms with Crippen molar-refractivity contribution in [1.82, 2.24) is 4.98 Å². The SMILES string of the molecule is COC(=O)c1cnc(C(O)C(O)C(=O)O)s1. The first-order chi connectivity index (χ1) is 7.47. The Balaban J connectivity index is 2.85. The molecule has 3 N–H and O–H groups in total. The summed E-state index contributed by atoms with van der Waals surface area (Å²) in [5, 5.41) is 26.8. The second kappa shape index (κ2) is 5.01. The first kappa shape index (κ1) is 12.6. The van der Waals surface area contributed by atoms with E-state index in [-0.39, 0.29) is 9.88 Å². The smallest absolute Gasteiger partial charge is 0.349 e. The topological polar surface area (TPSA) is 117 Å². The molecule has 0 amide bonds. The molecule has 2 atom stereocenters. The number of rotatable bonds is 4. The number of hydrogen-bond donors (Lipinski definition) is 3. The average molecular weight is 247 g/mol. The van der Waals surface area contributed by atoms with Gasteiger partial charge in [-0.3, -0.25) is 0 Å². The van der Waals surface area contributed by atoms with Crippen LogP contribution >= 0.6 is 11.3 Å². The lowest BCUT2D eigenvalue weighted by Crippen LogP contribution is -2.27. The van der Waals surface area contributed by atoms with Gasteiger partial charge in [0.2, 0.25) is 0 Å². The lowest BCUT2D eigenvalue weighted by molar-refractivity contribution is -0.153. The van der Waals surface area contributed by atoms with Crippen LogP contribution in [0.2, 0.25) is 0 Å². The fraction of sp³-hybridized carbons (Fsp3) is 0.375. The van der Waals surface area contributed by atoms with Crippen LogP contribution in [0.4, 0.5) is 0 Å². The van der Waals surface area contributed by atoms with Crippen molar-refractivity contribution in [3.05, 3.63) is 16.1 Å². The number of carbonyl (C=O) groups is 2. The van der Waals surface area contributed by atoms with Crippen molar-refractivity contribution in [2.45, 2.75) is 12.2 Å². The molecule has 1 aromatic heterocycles. The largest absolute Gasteiger partial charge is 0.479 e. The molecule has 8 heteroatoms. The zero-order chi connectivity index (χ0) is 12.3. The van der Waals surface area contributed by atoms with Crippen LogP contribution in [-0.2, 0) is 9.53 Å². The van der Waals surface area contributed by atoms with E-state index in [1.807, 2.05) is 0 Å². The number of ether oxygens (including phenoxy) is 1. The highest BCUT2D eigenvalue weighted by Gasteiger charge is 2.28. The summed E-state index contributed by atoms with van der Waals surface area (Å²) in [7, 11) is 1.18. The van der Waals surface area contributed by atoms with Crippen molar-refractivity contribution in [3.8, 4) is 0 Å². The van der Waals surface area contributed by atoms with Crippen molar-refractivity contribution in [3.63, 3.8) is 0 Å². The van der Waals surface area contributed by atoms with Crippen LogP contribution in [0.15, 0.2) is 6.20 Å². The summed E-state index contributed by atoms with van der Waals surface area (Å²) in [6.07, 6.45) is -2.50. The number of carbonyl (C=O) groups excluding carboxylic acids is 1. The minimum absolute atomic E-state index is 0.0599. The van der Waals surface area contributed by atoms with Crippen LogP contribution in [0.3, 0.4) is 0 Å². The second-order valence-electron chi connectivity index (χ2n) is 2.78. The monoisotopic (exact) mass is 247 g/mol. The number of nitrogens with zero attached hydrogens (tertiary/aromatic N) is 1. The molecule has 1 heterocycles. The number of hydrogen-bond acceptors (Lipinski definition) is 7. The first-order valence-electron chi connectivity index (χ1n) is 4.10. The molecule has 0 spiro atoms. The van der Waals surface area contributed by atoms with E-state index in [1.165, 1.54) is 7.11 Å². The fourth-order valence-corrected chi connectivity index (χ4v) is 1.74. The number of esters is 1. The predicted molar refractivity (Wildman–Crippen MR) is 52.1 cm³/mol. The highest BCUT2D eigenvalue weighted by atomic mass is 32.1. The van der Waals surface area contributed by atoms with E-state index >= 15 is 0 Å². The fourth-order valence-electron chi connectivity index (χ4n) is 0.889. The van der Waals surface area contributed by atoms with Crippen molar-refractivity contribution < 1.29 is 29.6 Å². The third kappa shape index (κ3) is 2.54. The van der Waals surface area contributed by atoms with E-state index in [0.29, 0.717) is 0 Å². The highest BCUT2D eigenvalue weighted by molar-refractivity contribution is 7.13. The quantitative estimate of drug-likeness (QED) is 0.608. The van der Waals surface area contributed by atoms with Gasteiger partial charge in [-0.2, -0.15) is 0 Å². The number of aliphatic carboxylic acids is 1. The Labute approximate surface area is 93.9 Å². The Morgan fingerprint density at radius 3 is 2.62 bits per heavy atom. The average Bonchev–Trinajstić information content (AvgIpc) is 2.75. The van der Waals surface area contributed by atoms with E-state index in [9.17, 15) is 14.7 Å². The molecule has 0 aliphatic carbocycles. The molecule has 0 aliphatic rings. The Hall–Kier alpha value is -1.51. The molecule has 0 bridgehead atoms. The second-order valence-corrected chi connectivity index (χ2v) is 3.84. The molecule has 0 aliphatic heterocycles. The molecular formula is C8H9NO6S. The number of carboxylic acids is 1. The molecule has 0 fully saturated rings.